The first-order valence-corrected chi connectivity index (χ1v) is 23.3. The molecule has 21 heteroatoms. The summed E-state index contributed by atoms with van der Waals surface area (Å²) in [7, 11) is 0. The molecule has 0 aromatic carbocycles. The molecule has 1 heterocycles. The Morgan fingerprint density at radius 3 is 1.65 bits per heavy atom. The predicted octanol–water partition coefficient (Wildman–Crippen LogP) is -0.0856. The lowest BCUT2D eigenvalue weighted by Gasteiger charge is -2.32. The molecule has 0 aromatic heterocycles. The van der Waals surface area contributed by atoms with Gasteiger partial charge in [0, 0.05) is 13.0 Å². The molecule has 1 fully saturated rings. The van der Waals surface area contributed by atoms with Crippen molar-refractivity contribution in [2.45, 2.75) is 206 Å². The van der Waals surface area contributed by atoms with Gasteiger partial charge in [-0.2, -0.15) is 0 Å². The van der Waals surface area contributed by atoms with E-state index in [2.05, 4.69) is 36.9 Å². The van der Waals surface area contributed by atoms with E-state index in [0.29, 0.717) is 32.2 Å². The zero-order valence-electron chi connectivity index (χ0n) is 39.6. The number of amides is 7. The Balaban J connectivity index is 3.30. The molecular formula is C44H80N10O11. The number of aliphatic hydroxyl groups excluding tert-OH is 2. The van der Waals surface area contributed by atoms with E-state index in [-0.39, 0.29) is 25.2 Å². The first kappa shape index (κ1) is 58.0. The summed E-state index contributed by atoms with van der Waals surface area (Å²) in [5.74, 6) is -7.97. The van der Waals surface area contributed by atoms with Crippen LogP contribution in [0.15, 0.2) is 4.99 Å². The molecule has 0 radical (unpaired) electrons. The maximum absolute atomic E-state index is 14.1. The number of nitrogens with one attached hydrogen (secondary N) is 6. The Morgan fingerprint density at radius 1 is 0.677 bits per heavy atom. The van der Waals surface area contributed by atoms with Gasteiger partial charge in [0.05, 0.1) is 18.6 Å². The fourth-order valence-corrected chi connectivity index (χ4v) is 7.14. The number of esters is 1. The smallest absolute Gasteiger partial charge is 0.328 e. The minimum Gasteiger partial charge on any atom is -0.458 e. The molecule has 1 aliphatic rings. The topological polar surface area (TPSA) is 349 Å². The maximum Gasteiger partial charge on any atom is 0.328 e. The summed E-state index contributed by atoms with van der Waals surface area (Å²) < 4.78 is 5.60. The number of nitrogens with two attached hydrogens (primary N) is 3. The summed E-state index contributed by atoms with van der Waals surface area (Å²) in [6.45, 7) is 11.4. The third-order valence-electron chi connectivity index (χ3n) is 11.7. The SMILES string of the molecule is CC[C@@H](C)[C@H]1NC(=O)[C@@H](NC(=O)CC(O)CCCCCCCCCCCCN=C(N)N)[C@@H](C)OC(=O)[C@@H](C)NC(=O)[C@@H](CCC(N)=O)NC(=O)[C@@H]([C@@H](C)O)NC(=O)[C@H]([C@@H](C)CC)NC1=O. The average molecular weight is 925 g/mol. The summed E-state index contributed by atoms with van der Waals surface area (Å²) in [6, 6.07) is -8.67. The number of hydrogen-bond acceptors (Lipinski definition) is 12. The highest BCUT2D eigenvalue weighted by Crippen LogP contribution is 2.16. The van der Waals surface area contributed by atoms with Crippen LogP contribution in [0.1, 0.15) is 151 Å². The lowest BCUT2D eigenvalue weighted by Crippen LogP contribution is -2.63. The Kier molecular flexibility index (Phi) is 27.6. The number of hydrogen-bond donors (Lipinski definition) is 11. The van der Waals surface area contributed by atoms with Crippen molar-refractivity contribution in [3.63, 3.8) is 0 Å². The molecule has 65 heavy (non-hydrogen) atoms. The van der Waals surface area contributed by atoms with Crippen LogP contribution in [0.2, 0.25) is 0 Å². The maximum atomic E-state index is 14.1. The van der Waals surface area contributed by atoms with Crippen molar-refractivity contribution in [2.24, 2.45) is 34.0 Å². The van der Waals surface area contributed by atoms with Gasteiger partial charge in [-0.05, 0) is 51.9 Å². The van der Waals surface area contributed by atoms with Crippen molar-refractivity contribution in [2.75, 3.05) is 6.54 Å². The number of guanidine groups is 1. The van der Waals surface area contributed by atoms with Crippen molar-refractivity contribution >= 4 is 53.3 Å². The van der Waals surface area contributed by atoms with Gasteiger partial charge in [0.15, 0.2) is 5.96 Å². The zero-order valence-corrected chi connectivity index (χ0v) is 39.6. The molecule has 21 nitrogen and oxygen atoms in total. The fraction of sp³-hybridized carbons (Fsp3) is 0.795. The van der Waals surface area contributed by atoms with E-state index in [1.54, 1.807) is 27.7 Å². The van der Waals surface area contributed by atoms with Crippen molar-refractivity contribution < 1.29 is 53.3 Å². The molecule has 0 bridgehead atoms. The molecule has 14 N–H and O–H groups in total. The molecular weight excluding hydrogens is 845 g/mol. The van der Waals surface area contributed by atoms with Crippen LogP contribution in [0.4, 0.5) is 0 Å². The van der Waals surface area contributed by atoms with Gasteiger partial charge in [-0.1, -0.05) is 98.3 Å². The summed E-state index contributed by atoms with van der Waals surface area (Å²) in [4.78, 5) is 112. The van der Waals surface area contributed by atoms with Crippen molar-refractivity contribution in [3.05, 3.63) is 0 Å². The number of nitrogens with zero attached hydrogens (tertiary/aromatic N) is 1. The monoisotopic (exact) mass is 925 g/mol. The highest BCUT2D eigenvalue weighted by atomic mass is 16.5. The van der Waals surface area contributed by atoms with Crippen LogP contribution < -0.4 is 49.1 Å². The summed E-state index contributed by atoms with van der Waals surface area (Å²) in [6.07, 6.45) is 6.20. The van der Waals surface area contributed by atoms with Gasteiger partial charge >= 0.3 is 5.97 Å². The van der Waals surface area contributed by atoms with E-state index in [1.807, 2.05) is 0 Å². The first-order valence-electron chi connectivity index (χ1n) is 23.3. The van der Waals surface area contributed by atoms with Crippen molar-refractivity contribution in [3.8, 4) is 0 Å². The molecule has 0 spiro atoms. The second kappa shape index (κ2) is 31.0. The number of aliphatic imine (C=N–C) groups is 1. The molecule has 0 saturated carbocycles. The highest BCUT2D eigenvalue weighted by Gasteiger charge is 2.39. The Hall–Kier alpha value is -5.05. The standard InChI is InChI=1S/C44H80N10O11/c1-8-25(3)34-39(60)52-35(26(4)9-2)40(61)54-36(28(6)55)41(62)50-31(21-22-32(45)57)38(59)49-27(5)43(64)65-29(7)37(42(63)53-34)51-33(58)24-30(56)20-18-16-14-12-10-11-13-15-17-19-23-48-44(46)47/h25-31,34-37,55-56H,8-24H2,1-7H3,(H2,45,57)(H,49,59)(H,50,62)(H,51,58)(H,52,60)(H,53,63)(H,54,61)(H4,46,47,48)/t25-,26+,27-,28-,29-,30?,31-,34-,35+,36-,37+/m1/s1. The van der Waals surface area contributed by atoms with E-state index in [1.165, 1.54) is 20.8 Å². The van der Waals surface area contributed by atoms with Crippen LogP contribution in [0.3, 0.4) is 0 Å². The van der Waals surface area contributed by atoms with E-state index in [9.17, 15) is 48.6 Å². The lowest BCUT2D eigenvalue weighted by atomic mass is 9.94. The molecule has 0 aromatic rings. The molecule has 1 rings (SSSR count). The summed E-state index contributed by atoms with van der Waals surface area (Å²) >= 11 is 0. The van der Waals surface area contributed by atoms with E-state index >= 15 is 0 Å². The quantitative estimate of drug-likeness (QED) is 0.0261. The zero-order chi connectivity index (χ0) is 49.2. The molecule has 7 amide bonds. The molecule has 372 valence electrons. The Labute approximate surface area is 384 Å². The average Bonchev–Trinajstić information content (AvgIpc) is 3.24. The molecule has 0 aliphatic carbocycles. The van der Waals surface area contributed by atoms with Crippen molar-refractivity contribution in [1.29, 1.82) is 0 Å². The van der Waals surface area contributed by atoms with Crippen LogP contribution >= 0.6 is 0 Å². The number of primary amides is 1. The Morgan fingerprint density at radius 2 is 1.15 bits per heavy atom. The van der Waals surface area contributed by atoms with Gasteiger partial charge in [-0.25, -0.2) is 4.79 Å². The molecule has 11 atom stereocenters. The minimum atomic E-state index is -1.64. The highest BCUT2D eigenvalue weighted by molar-refractivity contribution is 5.97. The third-order valence-corrected chi connectivity index (χ3v) is 11.7. The third kappa shape index (κ3) is 22.6. The van der Waals surface area contributed by atoms with Crippen LogP contribution in [0.25, 0.3) is 0 Å². The number of rotatable bonds is 24. The van der Waals surface area contributed by atoms with Crippen LogP contribution in [-0.2, 0) is 43.1 Å². The van der Waals surface area contributed by atoms with Crippen LogP contribution in [0, 0.1) is 11.8 Å². The number of ether oxygens (including phenoxy) is 1. The van der Waals surface area contributed by atoms with Gasteiger partial charge in [-0.15, -0.1) is 0 Å². The van der Waals surface area contributed by atoms with Crippen molar-refractivity contribution in [1.82, 2.24) is 31.9 Å². The van der Waals surface area contributed by atoms with Gasteiger partial charge in [-0.3, -0.25) is 38.6 Å². The number of aliphatic hydroxyl groups is 2. The predicted molar refractivity (Wildman–Crippen MR) is 244 cm³/mol. The van der Waals surface area contributed by atoms with Gasteiger partial charge < -0.3 is 64.1 Å². The van der Waals surface area contributed by atoms with Crippen LogP contribution in [-0.4, -0.2) is 125 Å². The number of cyclic esters (lactones) is 1. The van der Waals surface area contributed by atoms with E-state index in [0.717, 1.165) is 57.8 Å². The lowest BCUT2D eigenvalue weighted by molar-refractivity contribution is -0.155. The van der Waals surface area contributed by atoms with E-state index in [4.69, 9.17) is 21.9 Å². The molecule has 1 saturated heterocycles. The first-order chi connectivity index (χ1) is 30.6. The van der Waals surface area contributed by atoms with Gasteiger partial charge in [0.2, 0.25) is 41.4 Å². The summed E-state index contributed by atoms with van der Waals surface area (Å²) in [5.41, 5.74) is 16.0. The number of carbonyl (C=O) groups excluding carboxylic acids is 8. The molecule has 1 unspecified atom stereocenters. The minimum absolute atomic E-state index is 0.113. The second-order valence-corrected chi connectivity index (χ2v) is 17.4. The van der Waals surface area contributed by atoms with E-state index < -0.39 is 114 Å². The van der Waals surface area contributed by atoms with Crippen LogP contribution in [0.5, 0.6) is 0 Å². The van der Waals surface area contributed by atoms with Gasteiger partial charge in [0.25, 0.3) is 0 Å². The molecule has 1 aliphatic heterocycles. The van der Waals surface area contributed by atoms with Gasteiger partial charge in [0.1, 0.15) is 42.4 Å². The summed E-state index contributed by atoms with van der Waals surface area (Å²) in [5, 5.41) is 36.6. The second-order valence-electron chi connectivity index (χ2n) is 17.4. The Bertz CT molecular complexity index is 1580. The largest absolute Gasteiger partial charge is 0.458 e. The number of unbranched alkanes of at least 4 members (excludes halogenated alkanes) is 9. The fourth-order valence-electron chi connectivity index (χ4n) is 7.14. The number of carbonyl (C=O) groups is 8. The normalized spacial score (nSPS) is 24.7.